The summed E-state index contributed by atoms with van der Waals surface area (Å²) >= 11 is 0. The number of carbonyl (C=O) groups is 1. The molecule has 0 bridgehead atoms. The van der Waals surface area contributed by atoms with Crippen LogP contribution in [0.2, 0.25) is 0 Å². The van der Waals surface area contributed by atoms with Gasteiger partial charge in [-0.1, -0.05) is 12.1 Å². The molecule has 5 rings (SSSR count). The number of fused-ring (bicyclic) bond motifs is 1. The molecule has 1 atom stereocenters. The molecule has 0 unspecified atom stereocenters. The van der Waals surface area contributed by atoms with Crippen LogP contribution in [0.15, 0.2) is 47.4 Å². The van der Waals surface area contributed by atoms with Crippen molar-refractivity contribution in [3.8, 4) is 0 Å². The molecule has 1 N–H and O–H groups in total. The van der Waals surface area contributed by atoms with Crippen LogP contribution in [-0.4, -0.2) is 77.7 Å². The van der Waals surface area contributed by atoms with E-state index in [0.717, 1.165) is 45.6 Å². The Labute approximate surface area is 209 Å². The maximum atomic E-state index is 14.1. The standard InChI is InChI=1S/C26H32FN7O2/c1-31-23-21(8-4-10-28-23)30-24(26(31)36)34-12-5-6-19(18-34)25(35)29-11-13-32-14-16-33(17-15-32)22-9-3-2-7-20(22)27/h2-4,7-10,19H,5-6,11-18H2,1H3,(H,29,35)/t19-/m0/s1. The van der Waals surface area contributed by atoms with Crippen LogP contribution < -0.4 is 20.7 Å². The van der Waals surface area contributed by atoms with Crippen LogP contribution in [0.25, 0.3) is 11.2 Å². The summed E-state index contributed by atoms with van der Waals surface area (Å²) in [5.41, 5.74) is 1.67. The van der Waals surface area contributed by atoms with Crippen molar-refractivity contribution in [2.45, 2.75) is 12.8 Å². The SMILES string of the molecule is Cn1c(=O)c(N2CCC[C@H](C(=O)NCCN3CCN(c4ccccc4F)CC3)C2)nc2cccnc21. The summed E-state index contributed by atoms with van der Waals surface area (Å²) in [6.07, 6.45) is 3.26. The fourth-order valence-electron chi connectivity index (χ4n) is 5.13. The highest BCUT2D eigenvalue weighted by molar-refractivity contribution is 5.79. The fourth-order valence-corrected chi connectivity index (χ4v) is 5.13. The lowest BCUT2D eigenvalue weighted by molar-refractivity contribution is -0.125. The summed E-state index contributed by atoms with van der Waals surface area (Å²) in [6, 6.07) is 10.5. The number of pyridine rings is 1. The number of piperazine rings is 1. The number of carbonyl (C=O) groups excluding carboxylic acids is 1. The zero-order valence-corrected chi connectivity index (χ0v) is 20.6. The predicted octanol–water partition coefficient (Wildman–Crippen LogP) is 1.62. The summed E-state index contributed by atoms with van der Waals surface area (Å²) < 4.78 is 15.6. The number of para-hydroxylation sites is 1. The third-order valence-corrected chi connectivity index (χ3v) is 7.19. The van der Waals surface area contributed by atoms with Gasteiger partial charge in [-0.15, -0.1) is 0 Å². The van der Waals surface area contributed by atoms with Crippen molar-refractivity contribution in [1.29, 1.82) is 0 Å². The Morgan fingerprint density at radius 3 is 2.69 bits per heavy atom. The van der Waals surface area contributed by atoms with E-state index in [4.69, 9.17) is 0 Å². The Morgan fingerprint density at radius 1 is 1.08 bits per heavy atom. The van der Waals surface area contributed by atoms with Crippen LogP contribution in [0.3, 0.4) is 0 Å². The van der Waals surface area contributed by atoms with Crippen LogP contribution in [0.4, 0.5) is 15.9 Å². The molecule has 0 radical (unpaired) electrons. The summed E-state index contributed by atoms with van der Waals surface area (Å²) in [7, 11) is 1.70. The molecule has 2 aliphatic heterocycles. The Balaban J connectivity index is 1.13. The van der Waals surface area contributed by atoms with Crippen molar-refractivity contribution >= 4 is 28.6 Å². The molecule has 2 aliphatic rings. The number of hydrogen-bond donors (Lipinski definition) is 1. The number of anilines is 2. The first-order valence-electron chi connectivity index (χ1n) is 12.6. The van der Waals surface area contributed by atoms with Gasteiger partial charge in [-0.2, -0.15) is 0 Å². The normalized spacial score (nSPS) is 19.0. The largest absolute Gasteiger partial charge is 0.367 e. The number of hydrogen-bond acceptors (Lipinski definition) is 7. The van der Waals surface area contributed by atoms with Crippen molar-refractivity contribution in [3.63, 3.8) is 0 Å². The number of aromatic nitrogens is 3. The van der Waals surface area contributed by atoms with Gasteiger partial charge in [0.2, 0.25) is 5.91 Å². The molecule has 1 amide bonds. The second-order valence-corrected chi connectivity index (χ2v) is 9.50. The van der Waals surface area contributed by atoms with E-state index in [2.05, 4.69) is 25.1 Å². The van der Waals surface area contributed by atoms with Crippen LogP contribution >= 0.6 is 0 Å². The molecule has 0 saturated carbocycles. The minimum atomic E-state index is -0.197. The molecule has 2 fully saturated rings. The van der Waals surface area contributed by atoms with Gasteiger partial charge in [0.05, 0.1) is 11.6 Å². The predicted molar refractivity (Wildman–Crippen MR) is 138 cm³/mol. The van der Waals surface area contributed by atoms with Gasteiger partial charge in [-0.3, -0.25) is 19.1 Å². The van der Waals surface area contributed by atoms with Gasteiger partial charge in [0, 0.05) is 65.6 Å². The van der Waals surface area contributed by atoms with Crippen molar-refractivity contribution in [1.82, 2.24) is 24.8 Å². The molecule has 2 saturated heterocycles. The molecule has 0 aliphatic carbocycles. The highest BCUT2D eigenvalue weighted by Gasteiger charge is 2.28. The fraction of sp³-hybridized carbons (Fsp3) is 0.462. The number of benzene rings is 1. The quantitative estimate of drug-likeness (QED) is 0.559. The highest BCUT2D eigenvalue weighted by atomic mass is 19.1. The summed E-state index contributed by atoms with van der Waals surface area (Å²) in [4.78, 5) is 41.0. The molecular weight excluding hydrogens is 461 g/mol. The van der Waals surface area contributed by atoms with E-state index in [9.17, 15) is 14.0 Å². The zero-order valence-electron chi connectivity index (χ0n) is 20.6. The van der Waals surface area contributed by atoms with Gasteiger partial charge in [-0.05, 0) is 37.1 Å². The Bertz CT molecular complexity index is 1290. The van der Waals surface area contributed by atoms with Crippen molar-refractivity contribution in [2.24, 2.45) is 13.0 Å². The first-order chi connectivity index (χ1) is 17.5. The van der Waals surface area contributed by atoms with Crippen LogP contribution in [-0.2, 0) is 11.8 Å². The summed E-state index contributed by atoms with van der Waals surface area (Å²) in [5.74, 6) is 0.0214. The van der Waals surface area contributed by atoms with Gasteiger partial charge < -0.3 is 15.1 Å². The lowest BCUT2D eigenvalue weighted by Crippen LogP contribution is -2.50. The summed E-state index contributed by atoms with van der Waals surface area (Å²) in [5, 5.41) is 3.08. The number of nitrogens with zero attached hydrogens (tertiary/aromatic N) is 6. The number of aryl methyl sites for hydroxylation is 1. The topological polar surface area (TPSA) is 86.6 Å². The number of amides is 1. The minimum absolute atomic E-state index is 0.0176. The van der Waals surface area contributed by atoms with Crippen molar-refractivity contribution < 1.29 is 9.18 Å². The third-order valence-electron chi connectivity index (χ3n) is 7.19. The van der Waals surface area contributed by atoms with Crippen LogP contribution in [0.5, 0.6) is 0 Å². The Morgan fingerprint density at radius 2 is 1.89 bits per heavy atom. The molecule has 9 nitrogen and oxygen atoms in total. The monoisotopic (exact) mass is 493 g/mol. The van der Waals surface area contributed by atoms with Gasteiger partial charge in [0.15, 0.2) is 11.5 Å². The molecule has 1 aromatic carbocycles. The molecule has 2 aromatic heterocycles. The average molecular weight is 494 g/mol. The first-order valence-corrected chi connectivity index (χ1v) is 12.6. The van der Waals surface area contributed by atoms with E-state index in [0.29, 0.717) is 42.3 Å². The molecule has 4 heterocycles. The van der Waals surface area contributed by atoms with E-state index in [1.807, 2.05) is 23.1 Å². The zero-order chi connectivity index (χ0) is 25.1. The van der Waals surface area contributed by atoms with Crippen LogP contribution in [0.1, 0.15) is 12.8 Å². The molecule has 3 aromatic rings. The maximum absolute atomic E-state index is 14.1. The van der Waals surface area contributed by atoms with Gasteiger partial charge in [-0.25, -0.2) is 14.4 Å². The van der Waals surface area contributed by atoms with E-state index >= 15 is 0 Å². The van der Waals surface area contributed by atoms with Crippen LogP contribution in [0, 0.1) is 11.7 Å². The van der Waals surface area contributed by atoms with E-state index in [1.54, 1.807) is 25.4 Å². The number of piperidine rings is 1. The van der Waals surface area contributed by atoms with E-state index in [1.165, 1.54) is 10.6 Å². The van der Waals surface area contributed by atoms with Gasteiger partial charge in [0.1, 0.15) is 11.3 Å². The van der Waals surface area contributed by atoms with E-state index in [-0.39, 0.29) is 23.2 Å². The minimum Gasteiger partial charge on any atom is -0.367 e. The van der Waals surface area contributed by atoms with Crippen molar-refractivity contribution in [2.75, 3.05) is 62.2 Å². The Hall–Kier alpha value is -3.53. The Kier molecular flexibility index (Phi) is 7.13. The highest BCUT2D eigenvalue weighted by Crippen LogP contribution is 2.22. The second-order valence-electron chi connectivity index (χ2n) is 9.50. The first kappa shape index (κ1) is 24.2. The van der Waals surface area contributed by atoms with Gasteiger partial charge >= 0.3 is 0 Å². The summed E-state index contributed by atoms with van der Waals surface area (Å²) in [6.45, 7) is 5.67. The van der Waals surface area contributed by atoms with E-state index < -0.39 is 0 Å². The molecular formula is C26H32FN7O2. The lowest BCUT2D eigenvalue weighted by atomic mass is 9.97. The molecule has 10 heteroatoms. The number of nitrogens with one attached hydrogen (secondary N) is 1. The third kappa shape index (κ3) is 5.04. The number of rotatable bonds is 6. The second kappa shape index (κ2) is 10.6. The smallest absolute Gasteiger partial charge is 0.294 e. The average Bonchev–Trinajstić information content (AvgIpc) is 2.91. The van der Waals surface area contributed by atoms with Crippen molar-refractivity contribution in [3.05, 3.63) is 58.8 Å². The number of halogens is 1. The lowest BCUT2D eigenvalue weighted by Gasteiger charge is -2.36. The molecule has 190 valence electrons. The maximum Gasteiger partial charge on any atom is 0.294 e. The molecule has 0 spiro atoms. The molecule has 36 heavy (non-hydrogen) atoms. The van der Waals surface area contributed by atoms with Gasteiger partial charge in [0.25, 0.3) is 5.56 Å².